The van der Waals surface area contributed by atoms with Gasteiger partial charge < -0.3 is 9.47 Å². The fourth-order valence-electron chi connectivity index (χ4n) is 2.05. The molecule has 0 bridgehead atoms. The number of benzene rings is 1. The van der Waals surface area contributed by atoms with Crippen molar-refractivity contribution in [3.05, 3.63) is 47.7 Å². The first-order chi connectivity index (χ1) is 10.5. The van der Waals surface area contributed by atoms with Crippen LogP contribution in [0.3, 0.4) is 0 Å². The first-order valence-corrected chi connectivity index (χ1v) is 6.90. The molecule has 0 saturated carbocycles. The van der Waals surface area contributed by atoms with Gasteiger partial charge in [0.2, 0.25) is 0 Å². The van der Waals surface area contributed by atoms with Gasteiger partial charge in [-0.05, 0) is 37.6 Å². The number of carbonyl (C=O) groups is 3. The van der Waals surface area contributed by atoms with Crippen LogP contribution in [0.4, 0.5) is 0 Å². The number of rotatable bonds is 5. The van der Waals surface area contributed by atoms with E-state index in [-0.39, 0.29) is 5.76 Å². The van der Waals surface area contributed by atoms with Gasteiger partial charge in [0.25, 0.3) is 0 Å². The molecule has 1 unspecified atom stereocenters. The van der Waals surface area contributed by atoms with Gasteiger partial charge in [0.1, 0.15) is 11.5 Å². The lowest BCUT2D eigenvalue weighted by Crippen LogP contribution is -2.34. The highest BCUT2D eigenvalue weighted by atomic mass is 16.5. The number of hydrogen-bond donors (Lipinski definition) is 0. The van der Waals surface area contributed by atoms with E-state index >= 15 is 0 Å². The lowest BCUT2D eigenvalue weighted by molar-refractivity contribution is -0.151. The average Bonchev–Trinajstić information content (AvgIpc) is 2.45. The Morgan fingerprint density at radius 3 is 2.82 bits per heavy atom. The second-order valence-corrected chi connectivity index (χ2v) is 4.75. The summed E-state index contributed by atoms with van der Waals surface area (Å²) in [5.41, 5.74) is 0.739. The second kappa shape index (κ2) is 6.85. The smallest absolute Gasteiger partial charge is 0.329 e. The predicted octanol–water partition coefficient (Wildman–Crippen LogP) is 2.31. The third kappa shape index (κ3) is 3.69. The highest BCUT2D eigenvalue weighted by Gasteiger charge is 2.36. The van der Waals surface area contributed by atoms with E-state index in [0.717, 1.165) is 11.6 Å². The maximum atomic E-state index is 12.0. The molecule has 5 heteroatoms. The Labute approximate surface area is 128 Å². The third-order valence-corrected chi connectivity index (χ3v) is 3.02. The normalized spacial score (nSPS) is 18.1. The van der Waals surface area contributed by atoms with E-state index in [2.05, 4.69) is 0 Å². The van der Waals surface area contributed by atoms with Crippen molar-refractivity contribution < 1.29 is 23.9 Å². The van der Waals surface area contributed by atoms with Crippen LogP contribution in [0.1, 0.15) is 19.4 Å². The molecule has 0 aromatic heterocycles. The van der Waals surface area contributed by atoms with E-state index in [1.54, 1.807) is 24.3 Å². The van der Waals surface area contributed by atoms with Crippen molar-refractivity contribution in [1.82, 2.24) is 0 Å². The zero-order valence-electron chi connectivity index (χ0n) is 12.4. The zero-order chi connectivity index (χ0) is 16.1. The quantitative estimate of drug-likeness (QED) is 0.474. The summed E-state index contributed by atoms with van der Waals surface area (Å²) in [6.07, 6.45) is 3.91. The summed E-state index contributed by atoms with van der Waals surface area (Å²) < 4.78 is 10.2. The van der Waals surface area contributed by atoms with Crippen molar-refractivity contribution in [2.45, 2.75) is 13.8 Å². The Kier molecular flexibility index (Phi) is 4.88. The van der Waals surface area contributed by atoms with E-state index < -0.39 is 23.5 Å². The van der Waals surface area contributed by atoms with Gasteiger partial charge in [-0.1, -0.05) is 18.2 Å². The number of cyclic esters (lactones) is 1. The Balaban J connectivity index is 2.13. The van der Waals surface area contributed by atoms with Crippen molar-refractivity contribution >= 4 is 23.6 Å². The summed E-state index contributed by atoms with van der Waals surface area (Å²) in [5.74, 6) is -2.50. The van der Waals surface area contributed by atoms with Gasteiger partial charge in [0, 0.05) is 6.08 Å². The van der Waals surface area contributed by atoms with Crippen molar-refractivity contribution in [2.75, 3.05) is 6.61 Å². The van der Waals surface area contributed by atoms with E-state index in [4.69, 9.17) is 9.47 Å². The Hall–Kier alpha value is -2.69. The van der Waals surface area contributed by atoms with Gasteiger partial charge in [-0.2, -0.15) is 0 Å². The van der Waals surface area contributed by atoms with Crippen molar-refractivity contribution in [2.24, 2.45) is 5.92 Å². The Morgan fingerprint density at radius 2 is 2.14 bits per heavy atom. The van der Waals surface area contributed by atoms with Gasteiger partial charge in [0.15, 0.2) is 17.5 Å². The molecular formula is C17H16O5. The highest BCUT2D eigenvalue weighted by Crippen LogP contribution is 2.18. The first-order valence-electron chi connectivity index (χ1n) is 6.90. The van der Waals surface area contributed by atoms with Gasteiger partial charge in [-0.15, -0.1) is 0 Å². The number of ketones is 2. The van der Waals surface area contributed by atoms with Crippen LogP contribution in [0.15, 0.2) is 42.2 Å². The maximum Gasteiger partial charge on any atom is 0.329 e. The lowest BCUT2D eigenvalue weighted by Gasteiger charge is -2.15. The largest absolute Gasteiger partial charge is 0.494 e. The van der Waals surface area contributed by atoms with E-state index in [0.29, 0.717) is 12.4 Å². The molecule has 114 valence electrons. The standard InChI is InChI=1S/C17H16O5/c1-3-21-13-6-4-5-12(10-13)7-8-14(18)16-15(19)9-11(2)22-17(16)20/h4-10,16H,3H2,1-2H3/b8-7+. The molecule has 0 fully saturated rings. The molecule has 5 nitrogen and oxygen atoms in total. The third-order valence-electron chi connectivity index (χ3n) is 3.02. The molecule has 2 rings (SSSR count). The molecule has 1 aromatic rings. The molecule has 0 spiro atoms. The topological polar surface area (TPSA) is 69.7 Å². The minimum absolute atomic E-state index is 0.201. The SMILES string of the molecule is CCOc1cccc(/C=C/C(=O)C2C(=O)C=C(C)OC2=O)c1. The van der Waals surface area contributed by atoms with E-state index in [1.807, 2.05) is 6.92 Å². The van der Waals surface area contributed by atoms with Crippen molar-refractivity contribution in [3.8, 4) is 5.75 Å². The van der Waals surface area contributed by atoms with Crippen molar-refractivity contribution in [1.29, 1.82) is 0 Å². The highest BCUT2D eigenvalue weighted by molar-refractivity contribution is 6.25. The molecule has 0 radical (unpaired) electrons. The second-order valence-electron chi connectivity index (χ2n) is 4.75. The monoisotopic (exact) mass is 300 g/mol. The maximum absolute atomic E-state index is 12.0. The fraction of sp³-hybridized carbons (Fsp3) is 0.235. The van der Waals surface area contributed by atoms with Crippen LogP contribution in [0.5, 0.6) is 5.75 Å². The van der Waals surface area contributed by atoms with E-state index in [1.165, 1.54) is 19.1 Å². The molecule has 0 amide bonds. The summed E-state index contributed by atoms with van der Waals surface area (Å²) in [7, 11) is 0. The Bertz CT molecular complexity index is 669. The fourth-order valence-corrected chi connectivity index (χ4v) is 2.05. The molecule has 22 heavy (non-hydrogen) atoms. The number of carbonyl (C=O) groups excluding carboxylic acids is 3. The van der Waals surface area contributed by atoms with Crippen molar-refractivity contribution in [3.63, 3.8) is 0 Å². The molecule has 1 heterocycles. The molecule has 1 aliphatic rings. The molecule has 0 N–H and O–H groups in total. The van der Waals surface area contributed by atoms with Gasteiger partial charge in [-0.25, -0.2) is 0 Å². The molecular weight excluding hydrogens is 284 g/mol. The molecule has 0 aliphatic carbocycles. The summed E-state index contributed by atoms with van der Waals surface area (Å²) in [4.78, 5) is 35.4. The average molecular weight is 300 g/mol. The van der Waals surface area contributed by atoms with Crippen LogP contribution >= 0.6 is 0 Å². The molecule has 1 aliphatic heterocycles. The number of hydrogen-bond acceptors (Lipinski definition) is 5. The minimum Gasteiger partial charge on any atom is -0.494 e. The van der Waals surface area contributed by atoms with Crippen LogP contribution in [-0.2, 0) is 19.1 Å². The lowest BCUT2D eigenvalue weighted by atomic mass is 9.96. The number of ether oxygens (including phenoxy) is 2. The van der Waals surface area contributed by atoms with Gasteiger partial charge in [0.05, 0.1) is 6.61 Å². The van der Waals surface area contributed by atoms with Crippen LogP contribution < -0.4 is 4.74 Å². The molecule has 1 aromatic carbocycles. The number of allylic oxidation sites excluding steroid dienone is 3. The minimum atomic E-state index is -1.41. The molecule has 0 saturated heterocycles. The number of esters is 1. The zero-order valence-corrected chi connectivity index (χ0v) is 12.4. The van der Waals surface area contributed by atoms with Crippen LogP contribution in [-0.4, -0.2) is 24.1 Å². The summed E-state index contributed by atoms with van der Waals surface area (Å²) in [5, 5.41) is 0. The summed E-state index contributed by atoms with van der Waals surface area (Å²) >= 11 is 0. The summed E-state index contributed by atoms with van der Waals surface area (Å²) in [6, 6.07) is 7.15. The van der Waals surface area contributed by atoms with Crippen LogP contribution in [0, 0.1) is 5.92 Å². The van der Waals surface area contributed by atoms with E-state index in [9.17, 15) is 14.4 Å². The first kappa shape index (κ1) is 15.7. The molecule has 1 atom stereocenters. The van der Waals surface area contributed by atoms with Gasteiger partial charge in [-0.3, -0.25) is 14.4 Å². The predicted molar refractivity (Wildman–Crippen MR) is 80.0 cm³/mol. The Morgan fingerprint density at radius 1 is 1.36 bits per heavy atom. The van der Waals surface area contributed by atoms with Crippen LogP contribution in [0.25, 0.3) is 6.08 Å². The van der Waals surface area contributed by atoms with Crippen LogP contribution in [0.2, 0.25) is 0 Å². The summed E-state index contributed by atoms with van der Waals surface area (Å²) in [6.45, 7) is 3.91. The van der Waals surface area contributed by atoms with Gasteiger partial charge >= 0.3 is 5.97 Å².